The number of halogens is 1. The minimum absolute atomic E-state index is 0.0960. The van der Waals surface area contributed by atoms with Gasteiger partial charge in [0, 0.05) is 0 Å². The Balaban J connectivity index is 2.13. The lowest BCUT2D eigenvalue weighted by Gasteiger charge is -2.17. The monoisotopic (exact) mass is 434 g/mol. The van der Waals surface area contributed by atoms with Crippen molar-refractivity contribution in [3.05, 3.63) is 92.5 Å². The van der Waals surface area contributed by atoms with Gasteiger partial charge < -0.3 is 9.84 Å². The third-order valence-corrected chi connectivity index (χ3v) is 5.17. The molecule has 0 aliphatic heterocycles. The van der Waals surface area contributed by atoms with Crippen LogP contribution >= 0.6 is 0 Å². The topological polar surface area (TPSA) is 92.3 Å². The number of carbonyl (C=O) groups is 1. The number of hydrogen-bond acceptors (Lipinski definition) is 5. The van der Waals surface area contributed by atoms with E-state index in [1.807, 2.05) is 13.0 Å². The molecule has 0 amide bonds. The molecule has 0 radical (unpaired) electrons. The summed E-state index contributed by atoms with van der Waals surface area (Å²) in [5, 5.41) is 20.5. The minimum atomic E-state index is -0.726. The van der Waals surface area contributed by atoms with Gasteiger partial charge in [-0.2, -0.15) is 5.26 Å². The maximum absolute atomic E-state index is 13.5. The molecule has 1 N–H and O–H groups in total. The Morgan fingerprint density at radius 1 is 1.19 bits per heavy atom. The predicted octanol–water partition coefficient (Wildman–Crippen LogP) is 4.33. The number of pyridine rings is 1. The van der Waals surface area contributed by atoms with Crippen LogP contribution in [0.3, 0.4) is 0 Å². The van der Waals surface area contributed by atoms with Gasteiger partial charge >= 0.3 is 0 Å². The molecule has 3 aromatic rings. The molecule has 1 aromatic heterocycles. The number of hydrogen-bond donors (Lipinski definition) is 1. The maximum atomic E-state index is 13.5. The van der Waals surface area contributed by atoms with Crippen LogP contribution in [0.15, 0.2) is 53.3 Å². The molecule has 0 spiro atoms. The number of nitriles is 1. The predicted molar refractivity (Wildman–Crippen MR) is 118 cm³/mol. The Morgan fingerprint density at radius 2 is 1.88 bits per heavy atom. The summed E-state index contributed by atoms with van der Waals surface area (Å²) in [6, 6.07) is 13.9. The van der Waals surface area contributed by atoms with Gasteiger partial charge in [-0.05, 0) is 48.7 Å². The molecule has 0 fully saturated rings. The molecule has 0 aliphatic carbocycles. The standard InChI is InChI=1S/C25H23FN2O4/c1-3-4-13-32-21-8-6-5-7-19(21)23(29)22-16(2)20(14-27)24(30)28(25(22)31)15-17-9-11-18(26)12-10-17/h5-12,31H,3-4,13,15H2,1-2H3. The third-order valence-electron chi connectivity index (χ3n) is 5.17. The van der Waals surface area contributed by atoms with Crippen LogP contribution in [0.25, 0.3) is 0 Å². The second kappa shape index (κ2) is 9.92. The minimum Gasteiger partial charge on any atom is -0.494 e. The van der Waals surface area contributed by atoms with Crippen molar-refractivity contribution >= 4 is 5.78 Å². The molecule has 3 rings (SSSR count). The normalized spacial score (nSPS) is 10.6. The van der Waals surface area contributed by atoms with Crippen LogP contribution in [-0.2, 0) is 6.54 Å². The van der Waals surface area contributed by atoms with E-state index in [1.165, 1.54) is 31.2 Å². The van der Waals surface area contributed by atoms with Crippen molar-refractivity contribution in [3.63, 3.8) is 0 Å². The number of ketones is 1. The molecule has 0 saturated heterocycles. The fraction of sp³-hybridized carbons (Fsp3) is 0.240. The quantitative estimate of drug-likeness (QED) is 0.421. The molecule has 0 bridgehead atoms. The van der Waals surface area contributed by atoms with Gasteiger partial charge in [0.25, 0.3) is 5.56 Å². The summed E-state index contributed by atoms with van der Waals surface area (Å²) in [4.78, 5) is 26.3. The van der Waals surface area contributed by atoms with Gasteiger partial charge in [0.2, 0.25) is 11.7 Å². The average Bonchev–Trinajstić information content (AvgIpc) is 2.78. The summed E-state index contributed by atoms with van der Waals surface area (Å²) in [6.07, 6.45) is 1.74. The molecule has 7 heteroatoms. The Morgan fingerprint density at radius 3 is 2.53 bits per heavy atom. The van der Waals surface area contributed by atoms with Crippen molar-refractivity contribution in [2.24, 2.45) is 0 Å². The van der Waals surface area contributed by atoms with E-state index in [4.69, 9.17) is 4.74 Å². The van der Waals surface area contributed by atoms with Gasteiger partial charge in [0.05, 0.1) is 24.3 Å². The Labute approximate surface area is 185 Å². The summed E-state index contributed by atoms with van der Waals surface area (Å²) >= 11 is 0. The van der Waals surface area contributed by atoms with E-state index in [9.17, 15) is 24.3 Å². The van der Waals surface area contributed by atoms with Gasteiger partial charge in [0.15, 0.2) is 0 Å². The number of rotatable bonds is 8. The van der Waals surface area contributed by atoms with Crippen LogP contribution < -0.4 is 10.3 Å². The van der Waals surface area contributed by atoms with Crippen molar-refractivity contribution in [1.29, 1.82) is 5.26 Å². The fourth-order valence-electron chi connectivity index (χ4n) is 3.38. The van der Waals surface area contributed by atoms with Crippen molar-refractivity contribution in [3.8, 4) is 17.7 Å². The van der Waals surface area contributed by atoms with E-state index in [2.05, 4.69) is 0 Å². The molecule has 32 heavy (non-hydrogen) atoms. The first kappa shape index (κ1) is 22.8. The van der Waals surface area contributed by atoms with Crippen LogP contribution in [0.5, 0.6) is 11.6 Å². The van der Waals surface area contributed by atoms with E-state index in [1.54, 1.807) is 24.3 Å². The SMILES string of the molecule is CCCCOc1ccccc1C(=O)c1c(C)c(C#N)c(=O)n(Cc2ccc(F)cc2)c1O. The molecule has 164 valence electrons. The molecule has 6 nitrogen and oxygen atoms in total. The van der Waals surface area contributed by atoms with E-state index >= 15 is 0 Å². The first-order valence-electron chi connectivity index (χ1n) is 10.3. The van der Waals surface area contributed by atoms with Gasteiger partial charge in [-0.15, -0.1) is 0 Å². The number of aromatic hydroxyl groups is 1. The van der Waals surface area contributed by atoms with Crippen LogP contribution in [0.4, 0.5) is 4.39 Å². The number of ether oxygens (including phenoxy) is 1. The highest BCUT2D eigenvalue weighted by atomic mass is 19.1. The van der Waals surface area contributed by atoms with Crippen LogP contribution in [0.2, 0.25) is 0 Å². The van der Waals surface area contributed by atoms with E-state index in [-0.39, 0.29) is 28.8 Å². The zero-order chi connectivity index (χ0) is 23.3. The molecule has 0 aliphatic rings. The number of carbonyl (C=O) groups excluding carboxylic acids is 1. The van der Waals surface area contributed by atoms with Gasteiger partial charge in [0.1, 0.15) is 23.2 Å². The molecule has 1 heterocycles. The number of benzene rings is 2. The molecular weight excluding hydrogens is 411 g/mol. The highest BCUT2D eigenvalue weighted by Crippen LogP contribution is 2.29. The molecular formula is C25H23FN2O4. The Hall–Kier alpha value is -3.92. The highest BCUT2D eigenvalue weighted by molar-refractivity contribution is 6.13. The second-order valence-electron chi connectivity index (χ2n) is 7.36. The highest BCUT2D eigenvalue weighted by Gasteiger charge is 2.26. The van der Waals surface area contributed by atoms with E-state index < -0.39 is 23.0 Å². The van der Waals surface area contributed by atoms with Crippen molar-refractivity contribution in [2.75, 3.05) is 6.61 Å². The zero-order valence-corrected chi connectivity index (χ0v) is 17.9. The van der Waals surface area contributed by atoms with Crippen molar-refractivity contribution in [2.45, 2.75) is 33.2 Å². The summed E-state index contributed by atoms with van der Waals surface area (Å²) in [7, 11) is 0. The average molecular weight is 434 g/mol. The van der Waals surface area contributed by atoms with Gasteiger partial charge in [-0.25, -0.2) is 4.39 Å². The van der Waals surface area contributed by atoms with Crippen molar-refractivity contribution < 1.29 is 19.0 Å². The fourth-order valence-corrected chi connectivity index (χ4v) is 3.38. The van der Waals surface area contributed by atoms with Crippen LogP contribution in [-0.4, -0.2) is 22.1 Å². The molecule has 0 unspecified atom stereocenters. The van der Waals surface area contributed by atoms with Gasteiger partial charge in [-0.1, -0.05) is 37.6 Å². The number of unbranched alkanes of at least 4 members (excludes halogenated alkanes) is 1. The van der Waals surface area contributed by atoms with E-state index in [0.717, 1.165) is 17.4 Å². The number of aromatic nitrogens is 1. The molecule has 2 aromatic carbocycles. The van der Waals surface area contributed by atoms with Crippen molar-refractivity contribution in [1.82, 2.24) is 4.57 Å². The summed E-state index contributed by atoms with van der Waals surface area (Å²) in [6.45, 7) is 3.78. The summed E-state index contributed by atoms with van der Waals surface area (Å²) in [5.74, 6) is -1.19. The Kier molecular flexibility index (Phi) is 7.06. The summed E-state index contributed by atoms with van der Waals surface area (Å²) < 4.78 is 19.9. The zero-order valence-electron chi connectivity index (χ0n) is 17.9. The smallest absolute Gasteiger partial charge is 0.271 e. The number of nitrogens with zero attached hydrogens (tertiary/aromatic N) is 2. The summed E-state index contributed by atoms with van der Waals surface area (Å²) in [5.41, 5.74) is -0.266. The molecule has 0 atom stereocenters. The third kappa shape index (κ3) is 4.54. The lowest BCUT2D eigenvalue weighted by Crippen LogP contribution is -2.27. The first-order valence-corrected chi connectivity index (χ1v) is 10.3. The largest absolute Gasteiger partial charge is 0.494 e. The van der Waals surface area contributed by atoms with Crippen LogP contribution in [0, 0.1) is 24.1 Å². The number of para-hydroxylation sites is 1. The lowest BCUT2D eigenvalue weighted by atomic mass is 9.96. The second-order valence-corrected chi connectivity index (χ2v) is 7.36. The first-order chi connectivity index (χ1) is 15.4. The van der Waals surface area contributed by atoms with Crippen LogP contribution in [0.1, 0.15) is 52.4 Å². The molecule has 0 saturated carbocycles. The van der Waals surface area contributed by atoms with E-state index in [0.29, 0.717) is 17.9 Å². The maximum Gasteiger partial charge on any atom is 0.271 e. The Bertz CT molecular complexity index is 1240. The lowest BCUT2D eigenvalue weighted by molar-refractivity contribution is 0.103. The van der Waals surface area contributed by atoms with Gasteiger partial charge in [-0.3, -0.25) is 14.2 Å².